The zero-order valence-electron chi connectivity index (χ0n) is 24.9. The molecule has 16 heteroatoms. The average molecular weight is 690 g/mol. The molecule has 3 aliphatic rings. The third kappa shape index (κ3) is 8.00. The largest absolute Gasteiger partial charge is 1.00 e. The van der Waals surface area contributed by atoms with Gasteiger partial charge in [0.25, 0.3) is 11.8 Å². The highest BCUT2D eigenvalue weighted by molar-refractivity contribution is 7.89. The van der Waals surface area contributed by atoms with Gasteiger partial charge < -0.3 is 26.7 Å². The average Bonchev–Trinajstić information content (AvgIpc) is 3.02. The summed E-state index contributed by atoms with van der Waals surface area (Å²) < 4.78 is 81.4. The van der Waals surface area contributed by atoms with E-state index in [2.05, 4.69) is 0 Å². The number of nitrogens with zero attached hydrogens (tertiary/aromatic N) is 5. The Kier molecular flexibility index (Phi) is 11.2. The second-order valence-corrected chi connectivity index (χ2v) is 15.5. The van der Waals surface area contributed by atoms with Crippen LogP contribution < -0.4 is 12.4 Å². The number of piperidine rings is 1. The van der Waals surface area contributed by atoms with Crippen LogP contribution in [0.25, 0.3) is 0 Å². The van der Waals surface area contributed by atoms with Crippen LogP contribution in [-0.4, -0.2) is 130 Å². The molecular formula is C29H38ClF2N5O6S2. The molecule has 2 aromatic rings. The second-order valence-electron chi connectivity index (χ2n) is 11.6. The zero-order valence-corrected chi connectivity index (χ0v) is 27.3. The van der Waals surface area contributed by atoms with Crippen molar-refractivity contribution in [1.29, 1.82) is 0 Å². The number of amides is 2. The zero-order chi connectivity index (χ0) is 31.5. The lowest BCUT2D eigenvalue weighted by atomic mass is 10.1. The standard InChI is InChI=1S/C29H38F2N5O6S2.ClH/c30-24-4-8-26(9-5-24)43(39,40)34-16-12-32(13-17-34)28(37)22-36(20-2-1-3-21-36)23-29(38)33-14-18-35(19-15-33)44(41,42)27-10-6-25(31)7-11-27;/h4-11H,1-3,12-23H2;1H/q+1;/p-1. The summed E-state index contributed by atoms with van der Waals surface area (Å²) in [6.45, 7) is 2.98. The number of rotatable bonds is 8. The van der Waals surface area contributed by atoms with Crippen molar-refractivity contribution in [2.45, 2.75) is 29.1 Å². The Balaban J connectivity index is 0.00000461. The van der Waals surface area contributed by atoms with Crippen LogP contribution in [0.15, 0.2) is 58.3 Å². The lowest BCUT2D eigenvalue weighted by Crippen LogP contribution is -3.00. The summed E-state index contributed by atoms with van der Waals surface area (Å²) in [4.78, 5) is 30.3. The summed E-state index contributed by atoms with van der Waals surface area (Å²) in [6.07, 6.45) is 2.78. The third-order valence-electron chi connectivity index (χ3n) is 8.79. The summed E-state index contributed by atoms with van der Waals surface area (Å²) >= 11 is 0. The van der Waals surface area contributed by atoms with Crippen molar-refractivity contribution < 1.29 is 52.1 Å². The lowest BCUT2D eigenvalue weighted by Gasteiger charge is -2.43. The molecule has 2 aromatic carbocycles. The molecule has 3 aliphatic heterocycles. The number of carbonyl (C=O) groups excluding carboxylic acids is 2. The Hall–Kier alpha value is -2.69. The molecule has 0 saturated carbocycles. The SMILES string of the molecule is O=C(C[N+]1(CC(=O)N2CCN(S(=O)(=O)c3ccc(F)cc3)CC2)CCCCC1)N1CCN(S(=O)(=O)c2ccc(F)cc2)CC1.[Cl-]. The summed E-state index contributed by atoms with van der Waals surface area (Å²) in [6, 6.07) is 9.33. The van der Waals surface area contributed by atoms with Gasteiger partial charge in [0, 0.05) is 52.4 Å². The van der Waals surface area contributed by atoms with Crippen molar-refractivity contribution in [2.75, 3.05) is 78.5 Å². The van der Waals surface area contributed by atoms with E-state index in [1.165, 1.54) is 32.9 Å². The maximum Gasteiger partial charge on any atom is 0.277 e. The van der Waals surface area contributed by atoms with E-state index in [1.54, 1.807) is 9.80 Å². The van der Waals surface area contributed by atoms with E-state index < -0.39 is 31.7 Å². The fourth-order valence-electron chi connectivity index (χ4n) is 6.20. The normalized spacial score (nSPS) is 20.0. The highest BCUT2D eigenvalue weighted by Gasteiger charge is 2.40. The predicted octanol–water partition coefficient (Wildman–Crippen LogP) is -1.66. The summed E-state index contributed by atoms with van der Waals surface area (Å²) in [5.74, 6) is -1.31. The second kappa shape index (κ2) is 14.4. The van der Waals surface area contributed by atoms with Crippen molar-refractivity contribution in [3.8, 4) is 0 Å². The van der Waals surface area contributed by atoms with Gasteiger partial charge in [0.05, 0.1) is 22.9 Å². The monoisotopic (exact) mass is 689 g/mol. The van der Waals surface area contributed by atoms with E-state index in [0.29, 0.717) is 17.6 Å². The Bertz CT molecular complexity index is 1450. The Labute approximate surface area is 269 Å². The van der Waals surface area contributed by atoms with E-state index in [1.807, 2.05) is 0 Å². The van der Waals surface area contributed by atoms with Crippen molar-refractivity contribution in [3.63, 3.8) is 0 Å². The molecule has 0 radical (unpaired) electrons. The van der Waals surface area contributed by atoms with Gasteiger partial charge in [-0.1, -0.05) is 0 Å². The molecule has 0 unspecified atom stereocenters. The number of benzene rings is 2. The van der Waals surface area contributed by atoms with E-state index in [-0.39, 0.29) is 99.5 Å². The van der Waals surface area contributed by atoms with Crippen LogP contribution in [0, 0.1) is 11.6 Å². The number of sulfonamides is 2. The molecule has 248 valence electrons. The predicted molar refractivity (Wildman–Crippen MR) is 157 cm³/mol. The van der Waals surface area contributed by atoms with Crippen molar-refractivity contribution in [3.05, 3.63) is 60.2 Å². The molecule has 0 atom stereocenters. The van der Waals surface area contributed by atoms with Crippen LogP contribution in [0.3, 0.4) is 0 Å². The highest BCUT2D eigenvalue weighted by atomic mass is 35.5. The molecule has 11 nitrogen and oxygen atoms in total. The van der Waals surface area contributed by atoms with Gasteiger partial charge >= 0.3 is 0 Å². The molecule has 3 heterocycles. The Morgan fingerprint density at radius 1 is 0.578 bits per heavy atom. The molecule has 0 aliphatic carbocycles. The van der Waals surface area contributed by atoms with Crippen molar-refractivity contribution in [2.24, 2.45) is 0 Å². The van der Waals surface area contributed by atoms with Crippen LogP contribution in [0.1, 0.15) is 19.3 Å². The smallest absolute Gasteiger partial charge is 0.277 e. The van der Waals surface area contributed by atoms with Crippen molar-refractivity contribution >= 4 is 31.9 Å². The van der Waals surface area contributed by atoms with Gasteiger partial charge in [-0.15, -0.1) is 0 Å². The minimum absolute atomic E-state index is 0. The number of hydrogen-bond acceptors (Lipinski definition) is 6. The van der Waals surface area contributed by atoms with E-state index in [4.69, 9.17) is 0 Å². The molecule has 0 bridgehead atoms. The molecule has 0 aromatic heterocycles. The highest BCUT2D eigenvalue weighted by Crippen LogP contribution is 2.23. The first-order valence-corrected chi connectivity index (χ1v) is 17.7. The number of halogens is 3. The van der Waals surface area contributed by atoms with Gasteiger partial charge in [-0.3, -0.25) is 9.59 Å². The molecular weight excluding hydrogens is 652 g/mol. The summed E-state index contributed by atoms with van der Waals surface area (Å²) in [5, 5.41) is 0. The number of likely N-dealkylation sites (tertiary alicyclic amines) is 1. The summed E-state index contributed by atoms with van der Waals surface area (Å²) in [7, 11) is -7.62. The molecule has 3 saturated heterocycles. The molecule has 45 heavy (non-hydrogen) atoms. The Morgan fingerprint density at radius 3 is 1.24 bits per heavy atom. The van der Waals surface area contributed by atoms with Crippen molar-refractivity contribution in [1.82, 2.24) is 18.4 Å². The first-order valence-electron chi connectivity index (χ1n) is 14.8. The van der Waals surface area contributed by atoms with Gasteiger partial charge in [-0.25, -0.2) is 25.6 Å². The lowest BCUT2D eigenvalue weighted by molar-refractivity contribution is -0.918. The number of piperazine rings is 2. The fraction of sp³-hybridized carbons (Fsp3) is 0.517. The first-order chi connectivity index (χ1) is 20.9. The van der Waals surface area contributed by atoms with Crippen LogP contribution in [-0.2, 0) is 29.6 Å². The molecule has 5 rings (SSSR count). The Morgan fingerprint density at radius 2 is 0.911 bits per heavy atom. The fourth-order valence-corrected chi connectivity index (χ4v) is 9.04. The summed E-state index contributed by atoms with van der Waals surface area (Å²) in [5.41, 5.74) is 0. The van der Waals surface area contributed by atoms with Gasteiger partial charge in [-0.2, -0.15) is 8.61 Å². The molecule has 3 fully saturated rings. The topological polar surface area (TPSA) is 115 Å². The number of carbonyl (C=O) groups is 2. The minimum Gasteiger partial charge on any atom is -1.00 e. The number of hydrogen-bond donors (Lipinski definition) is 0. The van der Waals surface area contributed by atoms with Crippen LogP contribution in [0.2, 0.25) is 0 Å². The van der Waals surface area contributed by atoms with Gasteiger partial charge in [0.2, 0.25) is 20.0 Å². The molecule has 2 amide bonds. The van der Waals surface area contributed by atoms with E-state index in [9.17, 15) is 35.2 Å². The van der Waals surface area contributed by atoms with Crippen LogP contribution in [0.5, 0.6) is 0 Å². The maximum absolute atomic E-state index is 13.5. The van der Waals surface area contributed by atoms with E-state index >= 15 is 0 Å². The van der Waals surface area contributed by atoms with Gasteiger partial charge in [-0.05, 0) is 67.8 Å². The molecule has 0 spiro atoms. The van der Waals surface area contributed by atoms with Crippen LogP contribution in [0.4, 0.5) is 8.78 Å². The molecule has 0 N–H and O–H groups in total. The quantitative estimate of drug-likeness (QED) is 0.307. The van der Waals surface area contributed by atoms with E-state index in [0.717, 1.165) is 43.5 Å². The number of quaternary nitrogens is 1. The maximum atomic E-state index is 13.5. The third-order valence-corrected chi connectivity index (χ3v) is 12.6. The van der Waals surface area contributed by atoms with Crippen LogP contribution >= 0.6 is 0 Å². The first kappa shape index (κ1) is 35.2. The minimum atomic E-state index is -3.81. The van der Waals surface area contributed by atoms with Gasteiger partial charge in [0.1, 0.15) is 11.6 Å². The van der Waals surface area contributed by atoms with Gasteiger partial charge in [0.15, 0.2) is 13.1 Å².